The van der Waals surface area contributed by atoms with Crippen molar-refractivity contribution >= 4 is 28.9 Å². The molecule has 0 aromatic heterocycles. The van der Waals surface area contributed by atoms with E-state index < -0.39 is 11.6 Å². The summed E-state index contributed by atoms with van der Waals surface area (Å²) in [6.07, 6.45) is 1.55. The first kappa shape index (κ1) is 21.4. The second kappa shape index (κ2) is 8.99. The van der Waals surface area contributed by atoms with Gasteiger partial charge in [-0.1, -0.05) is 11.6 Å². The predicted octanol–water partition coefficient (Wildman–Crippen LogP) is 5.49. The minimum Gasteiger partial charge on any atom is -0.493 e. The van der Waals surface area contributed by atoms with Gasteiger partial charge in [0.25, 0.3) is 0 Å². The molecule has 2 aromatic carbocycles. The number of rotatable bonds is 5. The molecule has 0 unspecified atom stereocenters. The third-order valence-electron chi connectivity index (χ3n) is 5.23. The number of carbonyl (C=O) groups is 1. The molecule has 1 fully saturated rings. The fourth-order valence-electron chi connectivity index (χ4n) is 3.67. The van der Waals surface area contributed by atoms with Crippen LogP contribution in [0.4, 0.5) is 20.2 Å². The first-order chi connectivity index (χ1) is 13.8. The van der Waals surface area contributed by atoms with Crippen molar-refractivity contribution in [2.45, 2.75) is 33.6 Å². The molecule has 1 amide bonds. The summed E-state index contributed by atoms with van der Waals surface area (Å²) < 4.78 is 34.4. The summed E-state index contributed by atoms with van der Waals surface area (Å²) in [6.45, 7) is 6.59. The lowest BCUT2D eigenvalue weighted by Gasteiger charge is -2.34. The summed E-state index contributed by atoms with van der Waals surface area (Å²) in [5, 5.41) is 3.19. The Morgan fingerprint density at radius 1 is 1.21 bits per heavy atom. The first-order valence-electron chi connectivity index (χ1n) is 9.66. The number of amides is 1. The highest BCUT2D eigenvalue weighted by Crippen LogP contribution is 2.34. The molecule has 1 aliphatic rings. The maximum atomic E-state index is 14.2. The molecular formula is C22H25ClF2N2O2. The van der Waals surface area contributed by atoms with Gasteiger partial charge in [0.05, 0.1) is 17.3 Å². The predicted molar refractivity (Wildman–Crippen MR) is 112 cm³/mol. The molecule has 1 aliphatic heterocycles. The molecular weight excluding hydrogens is 398 g/mol. The van der Waals surface area contributed by atoms with Gasteiger partial charge in [0, 0.05) is 25.6 Å². The summed E-state index contributed by atoms with van der Waals surface area (Å²) in [6, 6.07) is 6.21. The smallest absolute Gasteiger partial charge is 0.221 e. The van der Waals surface area contributed by atoms with E-state index in [0.717, 1.165) is 18.4 Å². The fourth-order valence-corrected chi connectivity index (χ4v) is 3.92. The Morgan fingerprint density at radius 2 is 1.83 bits per heavy atom. The Hall–Kier alpha value is -2.34. The largest absolute Gasteiger partial charge is 0.493 e. The highest BCUT2D eigenvalue weighted by Gasteiger charge is 2.24. The number of hydrogen-bond acceptors (Lipinski definition) is 3. The van der Waals surface area contributed by atoms with E-state index in [0.29, 0.717) is 41.7 Å². The quantitative estimate of drug-likeness (QED) is 0.692. The Morgan fingerprint density at radius 3 is 2.41 bits per heavy atom. The van der Waals surface area contributed by atoms with E-state index in [9.17, 15) is 13.6 Å². The van der Waals surface area contributed by atoms with Crippen molar-refractivity contribution in [1.29, 1.82) is 0 Å². The molecule has 2 aromatic rings. The number of nitrogens with zero attached hydrogens (tertiary/aromatic N) is 1. The number of anilines is 2. The van der Waals surface area contributed by atoms with Crippen LogP contribution in [-0.4, -0.2) is 25.6 Å². The van der Waals surface area contributed by atoms with Crippen LogP contribution in [0.5, 0.6) is 5.75 Å². The third-order valence-corrected chi connectivity index (χ3v) is 5.55. The molecule has 0 saturated carbocycles. The topological polar surface area (TPSA) is 41.6 Å². The molecule has 1 saturated heterocycles. The summed E-state index contributed by atoms with van der Waals surface area (Å²) >= 11 is 6.17. The number of piperidine rings is 1. The summed E-state index contributed by atoms with van der Waals surface area (Å²) in [5.74, 6) is -0.285. The van der Waals surface area contributed by atoms with Gasteiger partial charge in [0.1, 0.15) is 23.1 Å². The molecule has 0 atom stereocenters. The lowest BCUT2D eigenvalue weighted by Crippen LogP contribution is -2.36. The second-order valence-corrected chi connectivity index (χ2v) is 7.95. The minimum absolute atomic E-state index is 0.0588. The van der Waals surface area contributed by atoms with Crippen LogP contribution in [0.1, 0.15) is 30.9 Å². The summed E-state index contributed by atoms with van der Waals surface area (Å²) in [7, 11) is 0. The second-order valence-electron chi connectivity index (χ2n) is 7.55. The van der Waals surface area contributed by atoms with E-state index in [-0.39, 0.29) is 17.5 Å². The monoisotopic (exact) mass is 422 g/mol. The number of nitrogens with one attached hydrogen (secondary N) is 1. The third kappa shape index (κ3) is 4.99. The number of carbonyl (C=O) groups excluding carboxylic acids is 1. The van der Waals surface area contributed by atoms with Crippen molar-refractivity contribution in [2.75, 3.05) is 29.9 Å². The standard InChI is InChI=1S/C22H25ClF2N2O2/c1-13-10-18(24)22(19(25)11-13)27-8-6-16(7-9-27)12-29-20-5-4-17(23)21(14(20)2)26-15(3)28/h4-5,10-11,16H,6-9,12H2,1-3H3,(H,26,28). The van der Waals surface area contributed by atoms with Crippen LogP contribution in [0.2, 0.25) is 5.02 Å². The van der Waals surface area contributed by atoms with E-state index in [4.69, 9.17) is 16.3 Å². The zero-order valence-electron chi connectivity index (χ0n) is 16.8. The van der Waals surface area contributed by atoms with Crippen LogP contribution in [0.15, 0.2) is 24.3 Å². The van der Waals surface area contributed by atoms with Gasteiger partial charge in [-0.15, -0.1) is 0 Å². The molecule has 156 valence electrons. The van der Waals surface area contributed by atoms with Crippen molar-refractivity contribution < 1.29 is 18.3 Å². The van der Waals surface area contributed by atoms with E-state index >= 15 is 0 Å². The molecule has 4 nitrogen and oxygen atoms in total. The fraction of sp³-hybridized carbons (Fsp3) is 0.409. The van der Waals surface area contributed by atoms with Crippen LogP contribution in [0, 0.1) is 31.4 Å². The number of halogens is 3. The van der Waals surface area contributed by atoms with Gasteiger partial charge in [0.15, 0.2) is 0 Å². The number of benzene rings is 2. The summed E-state index contributed by atoms with van der Waals surface area (Å²) in [4.78, 5) is 13.1. The maximum Gasteiger partial charge on any atom is 0.221 e. The molecule has 0 radical (unpaired) electrons. The zero-order valence-corrected chi connectivity index (χ0v) is 17.6. The van der Waals surface area contributed by atoms with E-state index in [1.807, 2.05) is 6.92 Å². The lowest BCUT2D eigenvalue weighted by atomic mass is 9.97. The van der Waals surface area contributed by atoms with Gasteiger partial charge in [-0.2, -0.15) is 0 Å². The van der Waals surface area contributed by atoms with Crippen molar-refractivity contribution in [3.63, 3.8) is 0 Å². The van der Waals surface area contributed by atoms with Crippen LogP contribution in [0.3, 0.4) is 0 Å². The van der Waals surface area contributed by atoms with Crippen LogP contribution >= 0.6 is 11.6 Å². The van der Waals surface area contributed by atoms with Gasteiger partial charge >= 0.3 is 0 Å². The Labute approximate surface area is 174 Å². The highest BCUT2D eigenvalue weighted by atomic mass is 35.5. The van der Waals surface area contributed by atoms with E-state index in [2.05, 4.69) is 5.32 Å². The van der Waals surface area contributed by atoms with Crippen molar-refractivity contribution in [3.05, 3.63) is 52.0 Å². The number of ether oxygens (including phenoxy) is 1. The van der Waals surface area contributed by atoms with Crippen LogP contribution in [-0.2, 0) is 4.79 Å². The average Bonchev–Trinajstić information content (AvgIpc) is 2.64. The van der Waals surface area contributed by atoms with Crippen molar-refractivity contribution in [2.24, 2.45) is 5.92 Å². The van der Waals surface area contributed by atoms with Crippen LogP contribution < -0.4 is 15.0 Å². The van der Waals surface area contributed by atoms with Crippen LogP contribution in [0.25, 0.3) is 0 Å². The normalized spacial score (nSPS) is 14.8. The highest BCUT2D eigenvalue weighted by molar-refractivity contribution is 6.34. The molecule has 0 aliphatic carbocycles. The van der Waals surface area contributed by atoms with Gasteiger partial charge in [0.2, 0.25) is 5.91 Å². The minimum atomic E-state index is -0.514. The Kier molecular flexibility index (Phi) is 6.63. The molecule has 1 heterocycles. The van der Waals surface area contributed by atoms with Gasteiger partial charge in [-0.3, -0.25) is 4.79 Å². The molecule has 0 spiro atoms. The van der Waals surface area contributed by atoms with Gasteiger partial charge in [-0.05, 0) is 62.4 Å². The van der Waals surface area contributed by atoms with Crippen molar-refractivity contribution in [1.82, 2.24) is 0 Å². The summed E-state index contributed by atoms with van der Waals surface area (Å²) in [5.41, 5.74) is 1.96. The lowest BCUT2D eigenvalue weighted by molar-refractivity contribution is -0.114. The maximum absolute atomic E-state index is 14.2. The molecule has 3 rings (SSSR count). The first-order valence-corrected chi connectivity index (χ1v) is 10.0. The van der Waals surface area contributed by atoms with Crippen molar-refractivity contribution in [3.8, 4) is 5.75 Å². The van der Waals surface area contributed by atoms with Gasteiger partial charge in [-0.25, -0.2) is 8.78 Å². The van der Waals surface area contributed by atoms with Gasteiger partial charge < -0.3 is 15.0 Å². The molecule has 0 bridgehead atoms. The molecule has 7 heteroatoms. The van der Waals surface area contributed by atoms with E-state index in [1.165, 1.54) is 19.1 Å². The zero-order chi connectivity index (χ0) is 21.1. The Bertz CT molecular complexity index is 889. The molecule has 29 heavy (non-hydrogen) atoms. The Balaban J connectivity index is 1.60. The number of hydrogen-bond donors (Lipinski definition) is 1. The average molecular weight is 423 g/mol. The SMILES string of the molecule is CC(=O)Nc1c(Cl)ccc(OCC2CCN(c3c(F)cc(C)cc3F)CC2)c1C. The van der Waals surface area contributed by atoms with E-state index in [1.54, 1.807) is 24.0 Å². The molecule has 1 N–H and O–H groups in total. The number of aryl methyl sites for hydroxylation is 1.